The van der Waals surface area contributed by atoms with Gasteiger partial charge in [0.25, 0.3) is 0 Å². The minimum Gasteiger partial charge on any atom is -0.481 e. The summed E-state index contributed by atoms with van der Waals surface area (Å²) in [6, 6.07) is -1.02. The molecule has 0 saturated carbocycles. The summed E-state index contributed by atoms with van der Waals surface area (Å²) in [7, 11) is 0. The van der Waals surface area contributed by atoms with Crippen molar-refractivity contribution in [3.63, 3.8) is 0 Å². The van der Waals surface area contributed by atoms with Crippen LogP contribution in [0, 0.1) is 0 Å². The van der Waals surface area contributed by atoms with E-state index < -0.39 is 12.0 Å². The lowest BCUT2D eigenvalue weighted by Crippen LogP contribution is -2.49. The van der Waals surface area contributed by atoms with Crippen LogP contribution in [0.2, 0.25) is 0 Å². The molecular formula is C11H20N2O4. The normalized spacial score (nSPS) is 13.6. The summed E-state index contributed by atoms with van der Waals surface area (Å²) in [5.41, 5.74) is 0. The molecule has 0 aliphatic heterocycles. The molecule has 17 heavy (non-hydrogen) atoms. The van der Waals surface area contributed by atoms with Gasteiger partial charge in [-0.25, -0.2) is 0 Å². The predicted molar refractivity (Wildman–Crippen MR) is 62.4 cm³/mol. The first-order valence-corrected chi connectivity index (χ1v) is 5.58. The fraction of sp³-hybridized carbons (Fsp3) is 0.727. The maximum absolute atomic E-state index is 12.0. The van der Waals surface area contributed by atoms with Gasteiger partial charge in [-0.05, 0) is 20.8 Å². The molecule has 0 aromatic carbocycles. The fourth-order valence-electron chi connectivity index (χ4n) is 1.66. The van der Waals surface area contributed by atoms with Crippen LogP contribution in [-0.2, 0) is 14.4 Å². The molecular weight excluding hydrogens is 224 g/mol. The lowest BCUT2D eigenvalue weighted by atomic mass is 10.1. The molecule has 2 unspecified atom stereocenters. The highest BCUT2D eigenvalue weighted by Crippen LogP contribution is 2.06. The van der Waals surface area contributed by atoms with Crippen LogP contribution >= 0.6 is 0 Å². The molecule has 98 valence electrons. The highest BCUT2D eigenvalue weighted by molar-refractivity contribution is 5.87. The number of nitrogens with one attached hydrogen (secondary N) is 1. The van der Waals surface area contributed by atoms with E-state index in [-0.39, 0.29) is 24.3 Å². The Balaban J connectivity index is 4.58. The summed E-state index contributed by atoms with van der Waals surface area (Å²) in [5.74, 6) is -1.50. The Morgan fingerprint density at radius 1 is 1.29 bits per heavy atom. The molecule has 0 bridgehead atoms. The number of carbonyl (C=O) groups is 3. The van der Waals surface area contributed by atoms with Gasteiger partial charge in [-0.3, -0.25) is 14.4 Å². The highest BCUT2D eigenvalue weighted by atomic mass is 16.4. The molecule has 0 radical (unpaired) electrons. The third-order valence-corrected chi connectivity index (χ3v) is 2.42. The van der Waals surface area contributed by atoms with Crippen molar-refractivity contribution in [1.29, 1.82) is 0 Å². The maximum Gasteiger partial charge on any atom is 0.305 e. The monoisotopic (exact) mass is 244 g/mol. The highest BCUT2D eigenvalue weighted by Gasteiger charge is 2.25. The topological polar surface area (TPSA) is 86.7 Å². The number of amides is 2. The van der Waals surface area contributed by atoms with Crippen LogP contribution in [0.5, 0.6) is 0 Å². The molecule has 2 amide bonds. The number of hydrogen-bond acceptors (Lipinski definition) is 3. The quantitative estimate of drug-likeness (QED) is 0.700. The first-order valence-electron chi connectivity index (χ1n) is 5.58. The number of carboxylic acids is 1. The van der Waals surface area contributed by atoms with Gasteiger partial charge < -0.3 is 15.3 Å². The molecule has 6 nitrogen and oxygen atoms in total. The van der Waals surface area contributed by atoms with Gasteiger partial charge in [0.05, 0.1) is 6.42 Å². The van der Waals surface area contributed by atoms with E-state index in [9.17, 15) is 14.4 Å². The minimum atomic E-state index is -0.948. The van der Waals surface area contributed by atoms with Crippen LogP contribution < -0.4 is 5.32 Å². The van der Waals surface area contributed by atoms with Gasteiger partial charge in [-0.15, -0.1) is 0 Å². The minimum absolute atomic E-state index is 0.105. The Morgan fingerprint density at radius 3 is 2.18 bits per heavy atom. The SMILES string of the molecule is CCN(C(=O)C(C)NC(C)=O)C(C)CC(=O)O. The first kappa shape index (κ1) is 15.4. The fourth-order valence-corrected chi connectivity index (χ4v) is 1.66. The van der Waals surface area contributed by atoms with Crippen LogP contribution in [0.15, 0.2) is 0 Å². The van der Waals surface area contributed by atoms with E-state index in [0.717, 1.165) is 0 Å². The smallest absolute Gasteiger partial charge is 0.305 e. The van der Waals surface area contributed by atoms with Crippen LogP contribution in [0.1, 0.15) is 34.1 Å². The van der Waals surface area contributed by atoms with Gasteiger partial charge >= 0.3 is 5.97 Å². The molecule has 0 aromatic rings. The number of rotatable bonds is 6. The van der Waals surface area contributed by atoms with Gasteiger partial charge in [0.2, 0.25) is 11.8 Å². The van der Waals surface area contributed by atoms with E-state index in [1.165, 1.54) is 11.8 Å². The average Bonchev–Trinajstić information content (AvgIpc) is 2.16. The second-order valence-corrected chi connectivity index (χ2v) is 3.99. The van der Waals surface area contributed by atoms with E-state index in [1.807, 2.05) is 0 Å². The van der Waals surface area contributed by atoms with E-state index in [4.69, 9.17) is 5.11 Å². The standard InChI is InChI=1S/C11H20N2O4/c1-5-13(7(2)6-10(15)16)11(17)8(3)12-9(4)14/h7-8H,5-6H2,1-4H3,(H,12,14)(H,15,16). The van der Waals surface area contributed by atoms with Crippen LogP contribution in [0.3, 0.4) is 0 Å². The summed E-state index contributed by atoms with van der Waals surface area (Å²) in [6.45, 7) is 6.78. The average molecular weight is 244 g/mol. The maximum atomic E-state index is 12.0. The first-order chi connectivity index (χ1) is 7.79. The zero-order chi connectivity index (χ0) is 13.6. The molecule has 0 aliphatic rings. The van der Waals surface area contributed by atoms with Gasteiger partial charge in [-0.2, -0.15) is 0 Å². The van der Waals surface area contributed by atoms with Crippen molar-refractivity contribution in [3.8, 4) is 0 Å². The van der Waals surface area contributed by atoms with Crippen molar-refractivity contribution in [1.82, 2.24) is 10.2 Å². The summed E-state index contributed by atoms with van der Waals surface area (Å²) in [6.07, 6.45) is -0.105. The summed E-state index contributed by atoms with van der Waals surface area (Å²) < 4.78 is 0. The van der Waals surface area contributed by atoms with Crippen molar-refractivity contribution in [3.05, 3.63) is 0 Å². The van der Waals surface area contributed by atoms with Crippen molar-refractivity contribution < 1.29 is 19.5 Å². The van der Waals surface area contributed by atoms with E-state index in [0.29, 0.717) is 6.54 Å². The van der Waals surface area contributed by atoms with Crippen LogP contribution in [0.25, 0.3) is 0 Å². The lowest BCUT2D eigenvalue weighted by Gasteiger charge is -2.29. The molecule has 0 rings (SSSR count). The van der Waals surface area contributed by atoms with Crippen LogP contribution in [0.4, 0.5) is 0 Å². The lowest BCUT2D eigenvalue weighted by molar-refractivity contribution is -0.142. The van der Waals surface area contributed by atoms with Crippen molar-refractivity contribution in [2.45, 2.75) is 46.2 Å². The predicted octanol–water partition coefficient (Wildman–Crippen LogP) is 0.223. The largest absolute Gasteiger partial charge is 0.481 e. The number of likely N-dealkylation sites (N-methyl/N-ethyl adjacent to an activating group) is 1. The Kier molecular flexibility index (Phi) is 6.23. The zero-order valence-electron chi connectivity index (χ0n) is 10.7. The van der Waals surface area contributed by atoms with E-state index in [2.05, 4.69) is 5.32 Å². The second kappa shape index (κ2) is 6.88. The molecule has 2 atom stereocenters. The van der Waals surface area contributed by atoms with Crippen LogP contribution in [-0.4, -0.2) is 46.4 Å². The number of aliphatic carboxylic acids is 1. The Hall–Kier alpha value is -1.59. The molecule has 0 heterocycles. The van der Waals surface area contributed by atoms with Crippen molar-refractivity contribution in [2.24, 2.45) is 0 Å². The summed E-state index contributed by atoms with van der Waals surface area (Å²) in [4.78, 5) is 34.8. The molecule has 6 heteroatoms. The Bertz CT molecular complexity index is 304. The molecule has 0 aliphatic carbocycles. The number of hydrogen-bond donors (Lipinski definition) is 2. The molecule has 0 fully saturated rings. The van der Waals surface area contributed by atoms with Gasteiger partial charge in [-0.1, -0.05) is 0 Å². The summed E-state index contributed by atoms with van der Waals surface area (Å²) in [5, 5.41) is 11.2. The Morgan fingerprint density at radius 2 is 1.82 bits per heavy atom. The number of carbonyl (C=O) groups excluding carboxylic acids is 2. The van der Waals surface area contributed by atoms with Gasteiger partial charge in [0.1, 0.15) is 6.04 Å². The Labute approximate surface area is 101 Å². The number of carboxylic acid groups (broad SMARTS) is 1. The van der Waals surface area contributed by atoms with Gasteiger partial charge in [0.15, 0.2) is 0 Å². The van der Waals surface area contributed by atoms with Crippen molar-refractivity contribution in [2.75, 3.05) is 6.54 Å². The second-order valence-electron chi connectivity index (χ2n) is 3.99. The molecule has 0 spiro atoms. The zero-order valence-corrected chi connectivity index (χ0v) is 10.7. The summed E-state index contributed by atoms with van der Waals surface area (Å²) >= 11 is 0. The third kappa shape index (κ3) is 5.33. The molecule has 2 N–H and O–H groups in total. The molecule has 0 aromatic heterocycles. The number of nitrogens with zero attached hydrogens (tertiary/aromatic N) is 1. The molecule has 0 saturated heterocycles. The van der Waals surface area contributed by atoms with Gasteiger partial charge in [0, 0.05) is 19.5 Å². The van der Waals surface area contributed by atoms with E-state index in [1.54, 1.807) is 20.8 Å². The van der Waals surface area contributed by atoms with Crippen molar-refractivity contribution >= 4 is 17.8 Å². The van der Waals surface area contributed by atoms with E-state index >= 15 is 0 Å². The third-order valence-electron chi connectivity index (χ3n) is 2.42.